The van der Waals surface area contributed by atoms with E-state index in [2.05, 4.69) is 4.90 Å². The fourth-order valence-corrected chi connectivity index (χ4v) is 4.03. The van der Waals surface area contributed by atoms with E-state index in [-0.39, 0.29) is 6.61 Å². The van der Waals surface area contributed by atoms with Gasteiger partial charge in [0.1, 0.15) is 18.3 Å². The Bertz CT molecular complexity index is 1070. The van der Waals surface area contributed by atoms with E-state index in [9.17, 15) is 15.0 Å². The summed E-state index contributed by atoms with van der Waals surface area (Å²) in [6.07, 6.45) is 0.541. The van der Waals surface area contributed by atoms with Gasteiger partial charge in [-0.2, -0.15) is 0 Å². The molecular formula is C24H27NO6. The van der Waals surface area contributed by atoms with Crippen LogP contribution in [0.15, 0.2) is 63.8 Å². The fraction of sp³-hybridized carbons (Fsp3) is 0.375. The van der Waals surface area contributed by atoms with Crippen LogP contribution in [-0.2, 0) is 5.60 Å². The predicted octanol–water partition coefficient (Wildman–Crippen LogP) is 2.52. The lowest BCUT2D eigenvalue weighted by atomic mass is 9.84. The van der Waals surface area contributed by atoms with Gasteiger partial charge >= 0.3 is 5.63 Å². The van der Waals surface area contributed by atoms with Crippen molar-refractivity contribution in [3.8, 4) is 11.5 Å². The Morgan fingerprint density at radius 1 is 1.10 bits per heavy atom. The Kier molecular flexibility index (Phi) is 6.27. The summed E-state index contributed by atoms with van der Waals surface area (Å²) in [6, 6.07) is 16.1. The molecule has 0 aliphatic carbocycles. The summed E-state index contributed by atoms with van der Waals surface area (Å²) in [5, 5.41) is 22.2. The number of hydrogen-bond donors (Lipinski definition) is 2. The van der Waals surface area contributed by atoms with Crippen molar-refractivity contribution in [3.63, 3.8) is 0 Å². The van der Waals surface area contributed by atoms with Gasteiger partial charge in [0, 0.05) is 37.2 Å². The Morgan fingerprint density at radius 3 is 2.55 bits per heavy atom. The van der Waals surface area contributed by atoms with E-state index in [1.807, 2.05) is 30.3 Å². The maximum absolute atomic E-state index is 11.4. The summed E-state index contributed by atoms with van der Waals surface area (Å²) in [5.41, 5.74) is 0.112. The Morgan fingerprint density at radius 2 is 1.84 bits per heavy atom. The SMILES string of the molecule is COc1cc2oc(=O)ccc2cc1OCC(O)CN1CCC(O)(c2ccccc2)CC1. The van der Waals surface area contributed by atoms with Crippen molar-refractivity contribution < 1.29 is 24.1 Å². The molecule has 2 aromatic carbocycles. The number of piperidine rings is 1. The molecule has 7 nitrogen and oxygen atoms in total. The van der Waals surface area contributed by atoms with Crippen LogP contribution in [0.3, 0.4) is 0 Å². The molecule has 0 saturated carbocycles. The molecule has 1 fully saturated rings. The van der Waals surface area contributed by atoms with Gasteiger partial charge in [0.2, 0.25) is 0 Å². The molecular weight excluding hydrogens is 398 g/mol. The zero-order chi connectivity index (χ0) is 21.8. The van der Waals surface area contributed by atoms with E-state index in [1.165, 1.54) is 13.2 Å². The molecule has 0 spiro atoms. The number of aliphatic hydroxyl groups is 2. The molecule has 2 heterocycles. The van der Waals surface area contributed by atoms with Crippen molar-refractivity contribution >= 4 is 11.0 Å². The van der Waals surface area contributed by atoms with Crippen LogP contribution in [0.25, 0.3) is 11.0 Å². The predicted molar refractivity (Wildman–Crippen MR) is 117 cm³/mol. The highest BCUT2D eigenvalue weighted by Crippen LogP contribution is 2.33. The van der Waals surface area contributed by atoms with Crippen molar-refractivity contribution in [2.75, 3.05) is 33.4 Å². The Hall–Kier alpha value is -2.87. The molecule has 7 heteroatoms. The molecule has 1 aliphatic rings. The number of aliphatic hydroxyl groups excluding tert-OH is 1. The van der Waals surface area contributed by atoms with Gasteiger partial charge in [-0.3, -0.25) is 0 Å². The summed E-state index contributed by atoms with van der Waals surface area (Å²) in [7, 11) is 1.51. The largest absolute Gasteiger partial charge is 0.493 e. The van der Waals surface area contributed by atoms with Crippen LogP contribution in [0, 0.1) is 0 Å². The van der Waals surface area contributed by atoms with Crippen molar-refractivity contribution in [2.24, 2.45) is 0 Å². The smallest absolute Gasteiger partial charge is 0.336 e. The molecule has 2 N–H and O–H groups in total. The Labute approximate surface area is 180 Å². The van der Waals surface area contributed by atoms with E-state index >= 15 is 0 Å². The first-order valence-electron chi connectivity index (χ1n) is 10.4. The van der Waals surface area contributed by atoms with Gasteiger partial charge in [-0.1, -0.05) is 30.3 Å². The van der Waals surface area contributed by atoms with E-state index in [1.54, 1.807) is 18.2 Å². The second-order valence-electron chi connectivity index (χ2n) is 7.96. The zero-order valence-electron chi connectivity index (χ0n) is 17.5. The van der Waals surface area contributed by atoms with E-state index in [4.69, 9.17) is 13.9 Å². The summed E-state index contributed by atoms with van der Waals surface area (Å²) in [6.45, 7) is 1.94. The quantitative estimate of drug-likeness (QED) is 0.562. The normalized spacial score (nSPS) is 17.4. The van der Waals surface area contributed by atoms with E-state index in [0.717, 1.165) is 5.56 Å². The van der Waals surface area contributed by atoms with Gasteiger partial charge in [-0.25, -0.2) is 4.79 Å². The number of β-amino-alcohol motifs (C(OH)–C–C–N with tert-alkyl or cyclic N) is 1. The number of benzene rings is 2. The molecule has 4 rings (SSSR count). The number of fused-ring (bicyclic) bond motifs is 1. The van der Waals surface area contributed by atoms with Gasteiger partial charge in [-0.05, 0) is 30.5 Å². The third kappa shape index (κ3) is 4.90. The number of likely N-dealkylation sites (tertiary alicyclic amines) is 1. The average molecular weight is 425 g/mol. The first kappa shape index (κ1) is 21.4. The van der Waals surface area contributed by atoms with Crippen molar-refractivity contribution in [1.29, 1.82) is 0 Å². The van der Waals surface area contributed by atoms with Gasteiger partial charge in [0.05, 0.1) is 12.7 Å². The fourth-order valence-electron chi connectivity index (χ4n) is 4.03. The molecule has 0 bridgehead atoms. The minimum atomic E-state index is -0.813. The Balaban J connectivity index is 1.33. The molecule has 1 aliphatic heterocycles. The molecule has 1 unspecified atom stereocenters. The van der Waals surface area contributed by atoms with Crippen molar-refractivity contribution in [3.05, 3.63) is 70.6 Å². The monoisotopic (exact) mass is 425 g/mol. The molecule has 3 aromatic rings. The molecule has 0 radical (unpaired) electrons. The van der Waals surface area contributed by atoms with Crippen molar-refractivity contribution in [1.82, 2.24) is 4.90 Å². The third-order valence-corrected chi connectivity index (χ3v) is 5.80. The molecule has 0 amide bonds. The maximum atomic E-state index is 11.4. The molecule has 164 valence electrons. The molecule has 31 heavy (non-hydrogen) atoms. The molecule has 1 atom stereocenters. The first-order chi connectivity index (χ1) is 15.0. The molecule has 1 saturated heterocycles. The lowest BCUT2D eigenvalue weighted by Crippen LogP contribution is -2.46. The summed E-state index contributed by atoms with van der Waals surface area (Å²) >= 11 is 0. The third-order valence-electron chi connectivity index (χ3n) is 5.80. The van der Waals surface area contributed by atoms with Crippen molar-refractivity contribution in [2.45, 2.75) is 24.5 Å². The summed E-state index contributed by atoms with van der Waals surface area (Å²) in [5.74, 6) is 0.903. The zero-order valence-corrected chi connectivity index (χ0v) is 17.5. The van der Waals surface area contributed by atoms with Gasteiger partial charge in [0.25, 0.3) is 0 Å². The number of nitrogens with zero attached hydrogens (tertiary/aromatic N) is 1. The number of ether oxygens (including phenoxy) is 2. The highest BCUT2D eigenvalue weighted by Gasteiger charge is 2.34. The van der Waals surface area contributed by atoms with E-state index in [0.29, 0.717) is 54.9 Å². The van der Waals surface area contributed by atoms with Crippen LogP contribution in [0.2, 0.25) is 0 Å². The maximum Gasteiger partial charge on any atom is 0.336 e. The average Bonchev–Trinajstić information content (AvgIpc) is 2.79. The highest BCUT2D eigenvalue weighted by molar-refractivity contribution is 5.80. The molecule has 1 aromatic heterocycles. The van der Waals surface area contributed by atoms with Crippen LogP contribution in [0.4, 0.5) is 0 Å². The summed E-state index contributed by atoms with van der Waals surface area (Å²) in [4.78, 5) is 13.5. The summed E-state index contributed by atoms with van der Waals surface area (Å²) < 4.78 is 16.3. The van der Waals surface area contributed by atoms with Crippen LogP contribution in [0.1, 0.15) is 18.4 Å². The highest BCUT2D eigenvalue weighted by atomic mass is 16.5. The lowest BCUT2D eigenvalue weighted by Gasteiger charge is -2.39. The van der Waals surface area contributed by atoms with Gasteiger partial charge in [-0.15, -0.1) is 0 Å². The lowest BCUT2D eigenvalue weighted by molar-refractivity contribution is -0.0373. The van der Waals surface area contributed by atoms with E-state index < -0.39 is 17.3 Å². The van der Waals surface area contributed by atoms with Gasteiger partial charge in [0.15, 0.2) is 11.5 Å². The minimum absolute atomic E-state index is 0.0953. The number of hydrogen-bond acceptors (Lipinski definition) is 7. The standard InChI is InChI=1S/C24H27NO6/c1-29-21-14-20-17(7-8-23(27)31-20)13-22(21)30-16-19(26)15-25-11-9-24(28,10-12-25)18-5-3-2-4-6-18/h2-8,13-14,19,26,28H,9-12,15-16H2,1H3. The van der Waals surface area contributed by atoms with Gasteiger partial charge < -0.3 is 29.0 Å². The first-order valence-corrected chi connectivity index (χ1v) is 10.4. The van der Waals surface area contributed by atoms with Crippen LogP contribution < -0.4 is 15.1 Å². The minimum Gasteiger partial charge on any atom is -0.493 e. The second-order valence-corrected chi connectivity index (χ2v) is 7.96. The second kappa shape index (κ2) is 9.09. The number of rotatable bonds is 7. The number of methoxy groups -OCH3 is 1. The van der Waals surface area contributed by atoms with Crippen LogP contribution in [-0.4, -0.2) is 54.6 Å². The van der Waals surface area contributed by atoms with Crippen LogP contribution >= 0.6 is 0 Å². The van der Waals surface area contributed by atoms with Crippen LogP contribution in [0.5, 0.6) is 11.5 Å². The topological polar surface area (TPSA) is 92.4 Å².